The molecule has 1 saturated carbocycles. The van der Waals surface area contributed by atoms with Crippen LogP contribution in [0.1, 0.15) is 44.3 Å². The molecular formula is C13H21N3O3S. The van der Waals surface area contributed by atoms with Crippen LogP contribution in [0.15, 0.2) is 12.4 Å². The summed E-state index contributed by atoms with van der Waals surface area (Å²) in [7, 11) is -3.18. The van der Waals surface area contributed by atoms with Gasteiger partial charge in [0, 0.05) is 24.9 Å². The topological polar surface area (TPSA) is 73.2 Å². The van der Waals surface area contributed by atoms with E-state index in [1.807, 2.05) is 17.8 Å². The lowest BCUT2D eigenvalue weighted by molar-refractivity contribution is -0.00448. The third kappa shape index (κ3) is 2.89. The number of rotatable bonds is 5. The number of hydrogen-bond donors (Lipinski definition) is 1. The molecule has 2 fully saturated rings. The maximum atomic E-state index is 12.1. The summed E-state index contributed by atoms with van der Waals surface area (Å²) >= 11 is 0. The first-order valence-corrected chi connectivity index (χ1v) is 8.80. The molecule has 0 radical (unpaired) electrons. The van der Waals surface area contributed by atoms with Gasteiger partial charge in [0.25, 0.3) is 0 Å². The number of nitrogens with one attached hydrogen (secondary N) is 1. The van der Waals surface area contributed by atoms with Gasteiger partial charge in [0.15, 0.2) is 0 Å². The summed E-state index contributed by atoms with van der Waals surface area (Å²) in [4.78, 5) is 0. The van der Waals surface area contributed by atoms with Crippen molar-refractivity contribution in [1.82, 2.24) is 14.5 Å². The molecule has 1 aromatic heterocycles. The van der Waals surface area contributed by atoms with E-state index in [4.69, 9.17) is 4.74 Å². The Balaban J connectivity index is 1.76. The van der Waals surface area contributed by atoms with Crippen molar-refractivity contribution < 1.29 is 13.2 Å². The van der Waals surface area contributed by atoms with E-state index in [2.05, 4.69) is 9.82 Å². The fourth-order valence-corrected chi connectivity index (χ4v) is 4.23. The SMILES string of the molecule is CCn1cc([C@H]2OCCC[C@@H]2NS(=O)(=O)C2CC2)cn1. The normalized spacial score (nSPS) is 27.6. The van der Waals surface area contributed by atoms with E-state index < -0.39 is 10.0 Å². The van der Waals surface area contributed by atoms with E-state index in [0.29, 0.717) is 6.61 Å². The minimum atomic E-state index is -3.18. The molecule has 6 nitrogen and oxygen atoms in total. The number of aromatic nitrogens is 2. The fraction of sp³-hybridized carbons (Fsp3) is 0.769. The monoisotopic (exact) mass is 299 g/mol. The molecule has 1 aliphatic carbocycles. The molecule has 1 aliphatic heterocycles. The van der Waals surface area contributed by atoms with Crippen LogP contribution in [0.25, 0.3) is 0 Å². The molecule has 2 heterocycles. The number of sulfonamides is 1. The second kappa shape index (κ2) is 5.46. The molecule has 1 saturated heterocycles. The Morgan fingerprint density at radius 3 is 2.90 bits per heavy atom. The first kappa shape index (κ1) is 14.0. The smallest absolute Gasteiger partial charge is 0.214 e. The van der Waals surface area contributed by atoms with Crippen LogP contribution in [-0.2, 0) is 21.3 Å². The number of hydrogen-bond acceptors (Lipinski definition) is 4. The Morgan fingerprint density at radius 2 is 2.25 bits per heavy atom. The quantitative estimate of drug-likeness (QED) is 0.887. The number of nitrogens with zero attached hydrogens (tertiary/aromatic N) is 2. The Kier molecular flexibility index (Phi) is 3.83. The van der Waals surface area contributed by atoms with Crippen LogP contribution in [0.5, 0.6) is 0 Å². The zero-order valence-electron chi connectivity index (χ0n) is 11.7. The Bertz CT molecular complexity index is 565. The number of aryl methyl sites for hydroxylation is 1. The van der Waals surface area contributed by atoms with E-state index in [-0.39, 0.29) is 17.4 Å². The largest absolute Gasteiger partial charge is 0.372 e. The molecular weight excluding hydrogens is 278 g/mol. The van der Waals surface area contributed by atoms with Crippen LogP contribution in [-0.4, -0.2) is 36.1 Å². The van der Waals surface area contributed by atoms with Gasteiger partial charge < -0.3 is 4.74 Å². The first-order chi connectivity index (χ1) is 9.60. The first-order valence-electron chi connectivity index (χ1n) is 7.25. The summed E-state index contributed by atoms with van der Waals surface area (Å²) in [6, 6.07) is -0.177. The maximum absolute atomic E-state index is 12.1. The van der Waals surface area contributed by atoms with E-state index in [1.54, 1.807) is 6.20 Å². The van der Waals surface area contributed by atoms with Gasteiger partial charge in [-0.3, -0.25) is 4.68 Å². The maximum Gasteiger partial charge on any atom is 0.214 e. The predicted molar refractivity (Wildman–Crippen MR) is 74.7 cm³/mol. The van der Waals surface area contributed by atoms with Gasteiger partial charge in [0.2, 0.25) is 10.0 Å². The minimum Gasteiger partial charge on any atom is -0.372 e. The number of ether oxygens (including phenoxy) is 1. The summed E-state index contributed by atoms with van der Waals surface area (Å²) in [6.45, 7) is 3.49. The highest BCUT2D eigenvalue weighted by atomic mass is 32.2. The van der Waals surface area contributed by atoms with Crippen molar-refractivity contribution in [3.63, 3.8) is 0 Å². The van der Waals surface area contributed by atoms with Crippen molar-refractivity contribution in [3.8, 4) is 0 Å². The lowest BCUT2D eigenvalue weighted by Crippen LogP contribution is -2.43. The summed E-state index contributed by atoms with van der Waals surface area (Å²) in [5.41, 5.74) is 0.954. The molecule has 2 atom stereocenters. The average Bonchev–Trinajstić information content (AvgIpc) is 3.19. The highest BCUT2D eigenvalue weighted by molar-refractivity contribution is 7.90. The van der Waals surface area contributed by atoms with Crippen molar-refractivity contribution in [2.24, 2.45) is 0 Å². The molecule has 7 heteroatoms. The van der Waals surface area contributed by atoms with Gasteiger partial charge in [0.1, 0.15) is 6.10 Å². The summed E-state index contributed by atoms with van der Waals surface area (Å²) in [6.07, 6.45) is 6.75. The van der Waals surface area contributed by atoms with E-state index in [9.17, 15) is 8.42 Å². The second-order valence-corrected chi connectivity index (χ2v) is 7.52. The van der Waals surface area contributed by atoms with Crippen molar-refractivity contribution in [3.05, 3.63) is 18.0 Å². The van der Waals surface area contributed by atoms with Crippen LogP contribution >= 0.6 is 0 Å². The van der Waals surface area contributed by atoms with Gasteiger partial charge in [-0.05, 0) is 32.6 Å². The third-order valence-electron chi connectivity index (χ3n) is 3.91. The molecule has 3 rings (SSSR count). The molecule has 0 unspecified atom stereocenters. The molecule has 2 aliphatic rings. The van der Waals surface area contributed by atoms with Gasteiger partial charge in [-0.1, -0.05) is 0 Å². The minimum absolute atomic E-state index is 0.177. The Morgan fingerprint density at radius 1 is 1.45 bits per heavy atom. The van der Waals surface area contributed by atoms with Gasteiger partial charge in [-0.2, -0.15) is 5.10 Å². The average molecular weight is 299 g/mol. The zero-order chi connectivity index (χ0) is 14.2. The van der Waals surface area contributed by atoms with E-state index in [1.165, 1.54) is 0 Å². The van der Waals surface area contributed by atoms with E-state index in [0.717, 1.165) is 37.8 Å². The van der Waals surface area contributed by atoms with Crippen molar-refractivity contribution >= 4 is 10.0 Å². The van der Waals surface area contributed by atoms with Gasteiger partial charge in [-0.15, -0.1) is 0 Å². The Labute approximate surface area is 119 Å². The lowest BCUT2D eigenvalue weighted by atomic mass is 9.99. The van der Waals surface area contributed by atoms with Gasteiger partial charge in [0.05, 0.1) is 17.5 Å². The molecule has 112 valence electrons. The van der Waals surface area contributed by atoms with Crippen LogP contribution in [0.4, 0.5) is 0 Å². The highest BCUT2D eigenvalue weighted by Crippen LogP contribution is 2.32. The lowest BCUT2D eigenvalue weighted by Gasteiger charge is -2.31. The van der Waals surface area contributed by atoms with Crippen LogP contribution in [0.2, 0.25) is 0 Å². The van der Waals surface area contributed by atoms with Crippen molar-refractivity contribution in [2.45, 2.75) is 56.5 Å². The molecule has 0 amide bonds. The summed E-state index contributed by atoms with van der Waals surface area (Å²) < 4.78 is 34.7. The van der Waals surface area contributed by atoms with Gasteiger partial charge in [-0.25, -0.2) is 13.1 Å². The van der Waals surface area contributed by atoms with Crippen LogP contribution in [0, 0.1) is 0 Å². The molecule has 0 spiro atoms. The molecule has 0 aromatic carbocycles. The second-order valence-electron chi connectivity index (χ2n) is 5.53. The van der Waals surface area contributed by atoms with Crippen molar-refractivity contribution in [1.29, 1.82) is 0 Å². The molecule has 20 heavy (non-hydrogen) atoms. The summed E-state index contributed by atoms with van der Waals surface area (Å²) in [5.74, 6) is 0. The molecule has 1 aromatic rings. The summed E-state index contributed by atoms with van der Waals surface area (Å²) in [5, 5.41) is 4.06. The standard InChI is InChI=1S/C13H21N3O3S/c1-2-16-9-10(8-14-16)13-12(4-3-7-19-13)15-20(17,18)11-5-6-11/h8-9,11-13,15H,2-7H2,1H3/t12-,13+/m0/s1. The fourth-order valence-electron chi connectivity index (χ4n) is 2.62. The van der Waals surface area contributed by atoms with Crippen molar-refractivity contribution in [2.75, 3.05) is 6.61 Å². The molecule has 0 bridgehead atoms. The predicted octanol–water partition coefficient (Wildman–Crippen LogP) is 1.20. The van der Waals surface area contributed by atoms with Gasteiger partial charge >= 0.3 is 0 Å². The zero-order valence-corrected chi connectivity index (χ0v) is 12.5. The van der Waals surface area contributed by atoms with Crippen LogP contribution in [0.3, 0.4) is 0 Å². The highest BCUT2D eigenvalue weighted by Gasteiger charge is 2.39. The Hall–Kier alpha value is -0.920. The third-order valence-corrected chi connectivity index (χ3v) is 5.89. The van der Waals surface area contributed by atoms with Crippen LogP contribution < -0.4 is 4.72 Å². The molecule has 1 N–H and O–H groups in total. The van der Waals surface area contributed by atoms with E-state index >= 15 is 0 Å².